The molecule has 0 saturated carbocycles. The highest BCUT2D eigenvalue weighted by Gasteiger charge is 2.28. The number of aromatic amines is 1. The summed E-state index contributed by atoms with van der Waals surface area (Å²) in [5.74, 6) is 1.09. The van der Waals surface area contributed by atoms with Crippen molar-refractivity contribution in [2.45, 2.75) is 38.9 Å². The molecular formula is C23H21NO4. The van der Waals surface area contributed by atoms with Crippen LogP contribution in [0.25, 0.3) is 34.0 Å². The Morgan fingerprint density at radius 3 is 2.46 bits per heavy atom. The number of pyridine rings is 1. The number of phenols is 1. The zero-order valence-corrected chi connectivity index (χ0v) is 16.2. The molecule has 0 bridgehead atoms. The molecule has 2 aliphatic rings. The maximum atomic E-state index is 13.3. The van der Waals surface area contributed by atoms with Gasteiger partial charge in [-0.2, -0.15) is 0 Å². The number of ether oxygens (including phenoxy) is 2. The molecule has 0 amide bonds. The van der Waals surface area contributed by atoms with E-state index in [4.69, 9.17) is 9.47 Å². The van der Waals surface area contributed by atoms with Gasteiger partial charge in [-0.1, -0.05) is 12.1 Å². The van der Waals surface area contributed by atoms with Crippen LogP contribution in [0.4, 0.5) is 0 Å². The summed E-state index contributed by atoms with van der Waals surface area (Å²) in [7, 11) is 0. The van der Waals surface area contributed by atoms with Crippen LogP contribution in [-0.4, -0.2) is 21.3 Å². The number of aromatic hydroxyl groups is 1. The van der Waals surface area contributed by atoms with Crippen molar-refractivity contribution in [3.8, 4) is 17.2 Å². The monoisotopic (exact) mass is 375 g/mol. The van der Waals surface area contributed by atoms with Gasteiger partial charge in [0.1, 0.15) is 22.7 Å². The summed E-state index contributed by atoms with van der Waals surface area (Å²) in [5, 5.41) is 11.3. The smallest absolute Gasteiger partial charge is 0.201 e. The van der Waals surface area contributed by atoms with E-state index in [1.165, 1.54) is 6.07 Å². The maximum Gasteiger partial charge on any atom is 0.201 e. The van der Waals surface area contributed by atoms with Crippen LogP contribution in [0.1, 0.15) is 38.8 Å². The molecule has 0 unspecified atom stereocenters. The fourth-order valence-electron chi connectivity index (χ4n) is 3.87. The van der Waals surface area contributed by atoms with Crippen molar-refractivity contribution in [1.29, 1.82) is 0 Å². The molecule has 1 aromatic heterocycles. The Balaban J connectivity index is 1.92. The summed E-state index contributed by atoms with van der Waals surface area (Å²) >= 11 is 0. The van der Waals surface area contributed by atoms with Crippen LogP contribution in [0.3, 0.4) is 0 Å². The lowest BCUT2D eigenvalue weighted by atomic mass is 9.97. The maximum absolute atomic E-state index is 13.3. The Morgan fingerprint density at radius 1 is 0.964 bits per heavy atom. The number of rotatable bonds is 0. The van der Waals surface area contributed by atoms with Crippen LogP contribution in [0.15, 0.2) is 35.1 Å². The van der Waals surface area contributed by atoms with E-state index in [0.29, 0.717) is 27.9 Å². The van der Waals surface area contributed by atoms with Gasteiger partial charge in [0.05, 0.1) is 21.8 Å². The van der Waals surface area contributed by atoms with Crippen LogP contribution >= 0.6 is 0 Å². The fourth-order valence-corrected chi connectivity index (χ4v) is 3.87. The van der Waals surface area contributed by atoms with E-state index in [0.717, 1.165) is 11.1 Å². The molecule has 2 N–H and O–H groups in total. The van der Waals surface area contributed by atoms with Crippen LogP contribution < -0.4 is 14.9 Å². The highest BCUT2D eigenvalue weighted by atomic mass is 16.5. The van der Waals surface area contributed by atoms with Crippen molar-refractivity contribution in [1.82, 2.24) is 4.98 Å². The number of fused-ring (bicyclic) bond motifs is 6. The predicted octanol–water partition coefficient (Wildman–Crippen LogP) is 4.76. The number of phenolic OH excluding ortho intramolecular Hbond substituents is 1. The largest absolute Gasteiger partial charge is 0.507 e. The average molecular weight is 375 g/mol. The molecule has 0 saturated heterocycles. The lowest BCUT2D eigenvalue weighted by Crippen LogP contribution is -2.28. The van der Waals surface area contributed by atoms with Gasteiger partial charge in [0.2, 0.25) is 5.43 Å². The molecule has 142 valence electrons. The van der Waals surface area contributed by atoms with Crippen molar-refractivity contribution in [3.63, 3.8) is 0 Å². The first-order valence-corrected chi connectivity index (χ1v) is 9.30. The lowest BCUT2D eigenvalue weighted by Gasteiger charge is -2.30. The molecule has 28 heavy (non-hydrogen) atoms. The topological polar surface area (TPSA) is 71.5 Å². The van der Waals surface area contributed by atoms with Crippen molar-refractivity contribution in [2.75, 3.05) is 0 Å². The molecule has 0 radical (unpaired) electrons. The third-order valence-corrected chi connectivity index (χ3v) is 5.27. The highest BCUT2D eigenvalue weighted by molar-refractivity contribution is 6.03. The number of hydrogen-bond acceptors (Lipinski definition) is 4. The third-order valence-electron chi connectivity index (χ3n) is 5.27. The highest BCUT2D eigenvalue weighted by Crippen LogP contribution is 2.41. The third kappa shape index (κ3) is 2.35. The van der Waals surface area contributed by atoms with E-state index >= 15 is 0 Å². The normalized spacial score (nSPS) is 18.4. The molecule has 3 heterocycles. The molecule has 2 aliphatic heterocycles. The Hall–Kier alpha value is -3.21. The summed E-state index contributed by atoms with van der Waals surface area (Å²) < 4.78 is 12.2. The molecule has 5 rings (SSSR count). The molecule has 5 heteroatoms. The van der Waals surface area contributed by atoms with E-state index in [9.17, 15) is 9.90 Å². The van der Waals surface area contributed by atoms with E-state index < -0.39 is 11.2 Å². The lowest BCUT2D eigenvalue weighted by molar-refractivity contribution is 0.158. The molecule has 0 spiro atoms. The summed E-state index contributed by atoms with van der Waals surface area (Å²) in [5.41, 5.74) is 1.63. The van der Waals surface area contributed by atoms with E-state index in [2.05, 4.69) is 4.98 Å². The summed E-state index contributed by atoms with van der Waals surface area (Å²) in [6.07, 6.45) is 7.87. The molecule has 0 atom stereocenters. The summed E-state index contributed by atoms with van der Waals surface area (Å²) in [6.45, 7) is 7.82. The molecule has 0 fully saturated rings. The molecule has 0 aliphatic carbocycles. The average Bonchev–Trinajstić information content (AvgIpc) is 2.60. The second kappa shape index (κ2) is 5.19. The Bertz CT molecular complexity index is 1290. The van der Waals surface area contributed by atoms with Gasteiger partial charge in [0.15, 0.2) is 5.75 Å². The predicted molar refractivity (Wildman–Crippen MR) is 111 cm³/mol. The van der Waals surface area contributed by atoms with E-state index in [-0.39, 0.29) is 16.6 Å². The number of benzene rings is 2. The molecule has 5 nitrogen and oxygen atoms in total. The van der Waals surface area contributed by atoms with Crippen LogP contribution in [0.5, 0.6) is 17.2 Å². The SMILES string of the molecule is CC1(C)C=Cc2c(cc(O)c3c(=O)c4ccc5c(c4[nH]c23)OC(C)(C)C=C5)O1. The van der Waals surface area contributed by atoms with Crippen molar-refractivity contribution >= 4 is 34.0 Å². The van der Waals surface area contributed by atoms with Gasteiger partial charge in [0, 0.05) is 17.2 Å². The minimum atomic E-state index is -0.485. The van der Waals surface area contributed by atoms with Gasteiger partial charge >= 0.3 is 0 Å². The molecule has 3 aromatic rings. The van der Waals surface area contributed by atoms with E-state index in [1.54, 1.807) is 6.07 Å². The quantitative estimate of drug-likeness (QED) is 0.556. The van der Waals surface area contributed by atoms with Crippen LogP contribution in [-0.2, 0) is 0 Å². The minimum absolute atomic E-state index is 0.0955. The number of nitrogens with one attached hydrogen (secondary N) is 1. The van der Waals surface area contributed by atoms with Gasteiger partial charge in [-0.25, -0.2) is 0 Å². The van der Waals surface area contributed by atoms with Gasteiger partial charge in [-0.15, -0.1) is 0 Å². The van der Waals surface area contributed by atoms with Crippen LogP contribution in [0, 0.1) is 0 Å². The Kier molecular flexibility index (Phi) is 3.14. The van der Waals surface area contributed by atoms with Gasteiger partial charge in [-0.05, 0) is 52.0 Å². The minimum Gasteiger partial charge on any atom is -0.507 e. The standard InChI is InChI=1S/C23H21NO4/c1-22(2)10-8-13-16(27-22)11-15(25)17-18(13)24-19-14(20(17)26)6-5-12-7-9-23(3,4)28-21(12)19/h5-11,25H,1-4H3,(H,24,26). The zero-order chi connectivity index (χ0) is 19.8. The first-order valence-electron chi connectivity index (χ1n) is 9.30. The number of H-pyrrole nitrogens is 1. The van der Waals surface area contributed by atoms with E-state index in [1.807, 2.05) is 58.1 Å². The summed E-state index contributed by atoms with van der Waals surface area (Å²) in [6, 6.07) is 5.16. The van der Waals surface area contributed by atoms with Crippen molar-refractivity contribution in [2.24, 2.45) is 0 Å². The first kappa shape index (κ1) is 16.9. The second-order valence-corrected chi connectivity index (χ2v) is 8.50. The van der Waals surface area contributed by atoms with Gasteiger partial charge in [0.25, 0.3) is 0 Å². The van der Waals surface area contributed by atoms with Gasteiger partial charge < -0.3 is 19.6 Å². The van der Waals surface area contributed by atoms with Crippen LogP contribution in [0.2, 0.25) is 0 Å². The summed E-state index contributed by atoms with van der Waals surface area (Å²) in [4.78, 5) is 16.6. The zero-order valence-electron chi connectivity index (χ0n) is 16.2. The van der Waals surface area contributed by atoms with Crippen molar-refractivity contribution in [3.05, 3.63) is 51.7 Å². The molecular weight excluding hydrogens is 354 g/mol. The first-order chi connectivity index (χ1) is 13.2. The Morgan fingerprint density at radius 2 is 1.68 bits per heavy atom. The van der Waals surface area contributed by atoms with Crippen molar-refractivity contribution < 1.29 is 14.6 Å². The number of hydrogen-bond donors (Lipinski definition) is 2. The van der Waals surface area contributed by atoms with Gasteiger partial charge in [-0.3, -0.25) is 4.79 Å². The number of aromatic nitrogens is 1. The second-order valence-electron chi connectivity index (χ2n) is 8.50. The fraction of sp³-hybridized carbons (Fsp3) is 0.261. The Labute approximate surface area is 161 Å². The molecule has 2 aromatic carbocycles.